The summed E-state index contributed by atoms with van der Waals surface area (Å²) in [5.41, 5.74) is 3.48. The van der Waals surface area contributed by atoms with Crippen molar-refractivity contribution in [2.75, 3.05) is 11.1 Å². The molecule has 0 radical (unpaired) electrons. The highest BCUT2D eigenvalue weighted by molar-refractivity contribution is 7.99. The fraction of sp³-hybridized carbons (Fsp3) is 0.278. The van der Waals surface area contributed by atoms with Gasteiger partial charge in [-0.2, -0.15) is 0 Å². The first-order valence-electron chi connectivity index (χ1n) is 7.54. The molecule has 0 bridgehead atoms. The highest BCUT2D eigenvalue weighted by Gasteiger charge is 2.19. The second-order valence-corrected chi connectivity index (χ2v) is 6.62. The van der Waals surface area contributed by atoms with Crippen molar-refractivity contribution in [3.8, 4) is 0 Å². The number of hydrogen-bond acceptors (Lipinski definition) is 3. The van der Waals surface area contributed by atoms with Gasteiger partial charge < -0.3 is 10.6 Å². The number of rotatable bonds is 4. The van der Waals surface area contributed by atoms with E-state index in [2.05, 4.69) is 47.0 Å². The molecular formula is C18H20N2OS. The Kier molecular flexibility index (Phi) is 4.80. The molecule has 0 aromatic heterocycles. The number of amides is 1. The lowest BCUT2D eigenvalue weighted by molar-refractivity contribution is -0.114. The minimum Gasteiger partial charge on any atom is -0.326 e. The maximum Gasteiger partial charge on any atom is 0.221 e. The fourth-order valence-corrected chi connectivity index (χ4v) is 3.83. The lowest BCUT2D eigenvalue weighted by Gasteiger charge is -2.26. The van der Waals surface area contributed by atoms with Gasteiger partial charge in [0.15, 0.2) is 0 Å². The molecule has 114 valence electrons. The first kappa shape index (κ1) is 15.1. The molecule has 0 unspecified atom stereocenters. The fourth-order valence-electron chi connectivity index (χ4n) is 2.70. The highest BCUT2D eigenvalue weighted by atomic mass is 32.2. The molecular weight excluding hydrogens is 292 g/mol. The van der Waals surface area contributed by atoms with Gasteiger partial charge in [0.2, 0.25) is 5.91 Å². The van der Waals surface area contributed by atoms with Crippen LogP contribution in [-0.2, 0) is 11.3 Å². The summed E-state index contributed by atoms with van der Waals surface area (Å²) < 4.78 is 0. The molecule has 0 saturated carbocycles. The Morgan fingerprint density at radius 3 is 2.73 bits per heavy atom. The minimum atomic E-state index is -0.0396. The van der Waals surface area contributed by atoms with Crippen LogP contribution in [0.4, 0.5) is 5.69 Å². The topological polar surface area (TPSA) is 41.1 Å². The molecule has 2 N–H and O–H groups in total. The van der Waals surface area contributed by atoms with Crippen LogP contribution in [0.25, 0.3) is 0 Å². The smallest absolute Gasteiger partial charge is 0.221 e. The molecule has 0 fully saturated rings. The zero-order valence-corrected chi connectivity index (χ0v) is 13.5. The van der Waals surface area contributed by atoms with E-state index in [1.54, 1.807) is 0 Å². The van der Waals surface area contributed by atoms with Crippen molar-refractivity contribution in [2.24, 2.45) is 0 Å². The summed E-state index contributed by atoms with van der Waals surface area (Å²) in [5.74, 6) is 1.12. The molecule has 3 rings (SSSR count). The van der Waals surface area contributed by atoms with E-state index in [4.69, 9.17) is 0 Å². The second-order valence-electron chi connectivity index (χ2n) is 5.49. The molecule has 1 aliphatic heterocycles. The van der Waals surface area contributed by atoms with E-state index in [0.717, 1.165) is 24.4 Å². The molecule has 1 amide bonds. The number of anilines is 1. The summed E-state index contributed by atoms with van der Waals surface area (Å²) >= 11 is 1.94. The number of carbonyl (C=O) groups excluding carboxylic acids is 1. The van der Waals surface area contributed by atoms with Crippen LogP contribution in [0.3, 0.4) is 0 Å². The molecule has 0 spiro atoms. The van der Waals surface area contributed by atoms with Crippen molar-refractivity contribution in [2.45, 2.75) is 30.8 Å². The van der Waals surface area contributed by atoms with Crippen LogP contribution < -0.4 is 10.6 Å². The van der Waals surface area contributed by atoms with Crippen molar-refractivity contribution in [3.63, 3.8) is 0 Å². The van der Waals surface area contributed by atoms with Crippen LogP contribution in [0.2, 0.25) is 0 Å². The second kappa shape index (κ2) is 6.99. The molecule has 2 aromatic carbocycles. The average molecular weight is 312 g/mol. The van der Waals surface area contributed by atoms with Gasteiger partial charge in [0.25, 0.3) is 0 Å². The van der Waals surface area contributed by atoms with Gasteiger partial charge in [-0.3, -0.25) is 4.79 Å². The molecule has 0 aliphatic carbocycles. The summed E-state index contributed by atoms with van der Waals surface area (Å²) in [6, 6.07) is 17.1. The SMILES string of the molecule is CC(=O)Nc1ccc(CN[C@H]2CCSc3ccccc32)cc1. The lowest BCUT2D eigenvalue weighted by Crippen LogP contribution is -2.24. The van der Waals surface area contributed by atoms with Crippen LogP contribution in [0, 0.1) is 0 Å². The molecule has 2 aromatic rings. The summed E-state index contributed by atoms with van der Waals surface area (Å²) in [7, 11) is 0. The average Bonchev–Trinajstić information content (AvgIpc) is 2.54. The van der Waals surface area contributed by atoms with E-state index < -0.39 is 0 Å². The van der Waals surface area contributed by atoms with Gasteiger partial charge in [0.1, 0.15) is 0 Å². The van der Waals surface area contributed by atoms with Gasteiger partial charge in [-0.15, -0.1) is 11.8 Å². The molecule has 1 heterocycles. The maximum atomic E-state index is 11.0. The van der Waals surface area contributed by atoms with E-state index >= 15 is 0 Å². The monoisotopic (exact) mass is 312 g/mol. The van der Waals surface area contributed by atoms with Crippen molar-refractivity contribution in [1.29, 1.82) is 0 Å². The highest BCUT2D eigenvalue weighted by Crippen LogP contribution is 2.35. The number of benzene rings is 2. The number of carbonyl (C=O) groups is 1. The quantitative estimate of drug-likeness (QED) is 0.897. The lowest BCUT2D eigenvalue weighted by atomic mass is 10.0. The number of hydrogen-bond donors (Lipinski definition) is 2. The van der Waals surface area contributed by atoms with E-state index in [-0.39, 0.29) is 5.91 Å². The van der Waals surface area contributed by atoms with E-state index in [1.165, 1.54) is 22.9 Å². The van der Waals surface area contributed by atoms with Crippen LogP contribution in [0.5, 0.6) is 0 Å². The third kappa shape index (κ3) is 3.70. The van der Waals surface area contributed by atoms with Gasteiger partial charge in [-0.05, 0) is 41.5 Å². The third-order valence-electron chi connectivity index (χ3n) is 3.79. The zero-order chi connectivity index (χ0) is 15.4. The van der Waals surface area contributed by atoms with Crippen molar-refractivity contribution < 1.29 is 4.79 Å². The van der Waals surface area contributed by atoms with Crippen LogP contribution in [-0.4, -0.2) is 11.7 Å². The molecule has 3 nitrogen and oxygen atoms in total. The maximum absolute atomic E-state index is 11.0. The van der Waals surface area contributed by atoms with Crippen molar-refractivity contribution in [1.82, 2.24) is 5.32 Å². The van der Waals surface area contributed by atoms with Crippen molar-refractivity contribution in [3.05, 3.63) is 59.7 Å². The van der Waals surface area contributed by atoms with Crippen LogP contribution in [0.15, 0.2) is 53.4 Å². The largest absolute Gasteiger partial charge is 0.326 e. The molecule has 22 heavy (non-hydrogen) atoms. The standard InChI is InChI=1S/C18H20N2OS/c1-13(21)20-15-8-6-14(7-9-15)12-19-17-10-11-22-18-5-3-2-4-16(17)18/h2-9,17,19H,10-12H2,1H3,(H,20,21)/t17-/m0/s1. The van der Waals surface area contributed by atoms with Gasteiger partial charge >= 0.3 is 0 Å². The predicted molar refractivity (Wildman–Crippen MR) is 92.1 cm³/mol. The van der Waals surface area contributed by atoms with Gasteiger partial charge in [0, 0.05) is 30.1 Å². The number of nitrogens with one attached hydrogen (secondary N) is 2. The van der Waals surface area contributed by atoms with Gasteiger partial charge in [0.05, 0.1) is 0 Å². The van der Waals surface area contributed by atoms with Gasteiger partial charge in [-0.25, -0.2) is 0 Å². The minimum absolute atomic E-state index is 0.0396. The first-order chi connectivity index (χ1) is 10.7. The summed E-state index contributed by atoms with van der Waals surface area (Å²) in [6.07, 6.45) is 1.16. The molecule has 4 heteroatoms. The summed E-state index contributed by atoms with van der Waals surface area (Å²) in [6.45, 7) is 2.36. The predicted octanol–water partition coefficient (Wildman–Crippen LogP) is 3.97. The van der Waals surface area contributed by atoms with Crippen molar-refractivity contribution >= 4 is 23.4 Å². The Hall–Kier alpha value is -1.78. The Morgan fingerprint density at radius 1 is 1.18 bits per heavy atom. The van der Waals surface area contributed by atoms with Gasteiger partial charge in [-0.1, -0.05) is 30.3 Å². The Labute approximate surface area is 135 Å². The molecule has 0 saturated heterocycles. The van der Waals surface area contributed by atoms with E-state index in [0.29, 0.717) is 6.04 Å². The Balaban J connectivity index is 1.62. The van der Waals surface area contributed by atoms with E-state index in [9.17, 15) is 4.79 Å². The van der Waals surface area contributed by atoms with Crippen LogP contribution >= 0.6 is 11.8 Å². The normalized spacial score (nSPS) is 16.9. The first-order valence-corrected chi connectivity index (χ1v) is 8.52. The number of fused-ring (bicyclic) bond motifs is 1. The molecule has 1 aliphatic rings. The Bertz CT molecular complexity index is 654. The van der Waals surface area contributed by atoms with Crippen LogP contribution in [0.1, 0.15) is 30.5 Å². The summed E-state index contributed by atoms with van der Waals surface area (Å²) in [5, 5.41) is 6.44. The summed E-state index contributed by atoms with van der Waals surface area (Å²) in [4.78, 5) is 12.4. The zero-order valence-electron chi connectivity index (χ0n) is 12.6. The van der Waals surface area contributed by atoms with E-state index in [1.807, 2.05) is 23.9 Å². The molecule has 1 atom stereocenters. The third-order valence-corrected chi connectivity index (χ3v) is 4.91. The number of thioether (sulfide) groups is 1. The Morgan fingerprint density at radius 2 is 1.95 bits per heavy atom.